The molecule has 1 atom stereocenters. The Morgan fingerprint density at radius 2 is 1.93 bits per heavy atom. The summed E-state index contributed by atoms with van der Waals surface area (Å²) in [4.78, 5) is 10.4. The lowest BCUT2D eigenvalue weighted by atomic mass is 9.78. The molecular formula is C11H20O3. The highest BCUT2D eigenvalue weighted by Crippen LogP contribution is 2.33. The van der Waals surface area contributed by atoms with Gasteiger partial charge in [0.25, 0.3) is 0 Å². The summed E-state index contributed by atoms with van der Waals surface area (Å²) >= 11 is 0. The number of hydrogen-bond acceptors (Lipinski definition) is 2. The molecule has 0 heterocycles. The van der Waals surface area contributed by atoms with Crippen molar-refractivity contribution in [2.24, 2.45) is 11.8 Å². The summed E-state index contributed by atoms with van der Waals surface area (Å²) < 4.78 is 0. The number of carboxylic acids is 1. The van der Waals surface area contributed by atoms with Gasteiger partial charge in [0.15, 0.2) is 0 Å². The molecule has 0 radical (unpaired) electrons. The topological polar surface area (TPSA) is 57.5 Å². The summed E-state index contributed by atoms with van der Waals surface area (Å²) in [7, 11) is 0. The van der Waals surface area contributed by atoms with E-state index in [-0.39, 0.29) is 12.3 Å². The molecule has 2 N–H and O–H groups in total. The van der Waals surface area contributed by atoms with E-state index in [1.165, 1.54) is 6.42 Å². The SMILES string of the molecule is CCC1CCC(C(O)CC(=O)O)CC1. The zero-order valence-corrected chi connectivity index (χ0v) is 8.78. The van der Waals surface area contributed by atoms with Crippen LogP contribution < -0.4 is 0 Å². The molecule has 0 bridgehead atoms. The fourth-order valence-corrected chi connectivity index (χ4v) is 2.33. The first kappa shape index (κ1) is 11.5. The van der Waals surface area contributed by atoms with Gasteiger partial charge in [0.1, 0.15) is 0 Å². The monoisotopic (exact) mass is 200 g/mol. The second-order valence-electron chi connectivity index (χ2n) is 4.35. The van der Waals surface area contributed by atoms with Crippen LogP contribution in [0.3, 0.4) is 0 Å². The highest BCUT2D eigenvalue weighted by molar-refractivity contribution is 5.67. The number of rotatable bonds is 4. The van der Waals surface area contributed by atoms with Crippen molar-refractivity contribution < 1.29 is 15.0 Å². The van der Waals surface area contributed by atoms with Crippen molar-refractivity contribution in [3.05, 3.63) is 0 Å². The van der Waals surface area contributed by atoms with Gasteiger partial charge in [0, 0.05) is 0 Å². The van der Waals surface area contributed by atoms with E-state index in [1.807, 2.05) is 0 Å². The van der Waals surface area contributed by atoms with Gasteiger partial charge in [-0.1, -0.05) is 26.2 Å². The number of aliphatic hydroxyl groups is 1. The molecule has 3 heteroatoms. The Morgan fingerprint density at radius 3 is 2.36 bits per heavy atom. The summed E-state index contributed by atoms with van der Waals surface area (Å²) in [5.41, 5.74) is 0. The van der Waals surface area contributed by atoms with Gasteiger partial charge in [-0.05, 0) is 24.7 Å². The maximum atomic E-state index is 10.4. The third-order valence-corrected chi connectivity index (χ3v) is 3.40. The van der Waals surface area contributed by atoms with Crippen LogP contribution >= 0.6 is 0 Å². The van der Waals surface area contributed by atoms with Crippen molar-refractivity contribution in [3.8, 4) is 0 Å². The fourth-order valence-electron chi connectivity index (χ4n) is 2.33. The fraction of sp³-hybridized carbons (Fsp3) is 0.909. The lowest BCUT2D eigenvalue weighted by molar-refractivity contribution is -0.140. The zero-order valence-electron chi connectivity index (χ0n) is 8.78. The lowest BCUT2D eigenvalue weighted by Crippen LogP contribution is -2.27. The van der Waals surface area contributed by atoms with Crippen LogP contribution in [-0.2, 0) is 4.79 Å². The molecule has 0 saturated heterocycles. The van der Waals surface area contributed by atoms with Crippen molar-refractivity contribution in [3.63, 3.8) is 0 Å². The second-order valence-corrected chi connectivity index (χ2v) is 4.35. The molecule has 0 amide bonds. The van der Waals surface area contributed by atoms with Crippen LogP contribution in [0.2, 0.25) is 0 Å². The van der Waals surface area contributed by atoms with Crippen LogP contribution in [0.4, 0.5) is 0 Å². The first-order chi connectivity index (χ1) is 6.63. The van der Waals surface area contributed by atoms with E-state index in [4.69, 9.17) is 5.11 Å². The van der Waals surface area contributed by atoms with Crippen LogP contribution in [0.25, 0.3) is 0 Å². The third kappa shape index (κ3) is 3.29. The number of carboxylic acid groups (broad SMARTS) is 1. The van der Waals surface area contributed by atoms with E-state index < -0.39 is 12.1 Å². The van der Waals surface area contributed by atoms with Crippen LogP contribution in [0.15, 0.2) is 0 Å². The molecule has 1 aliphatic rings. The summed E-state index contributed by atoms with van der Waals surface area (Å²) in [6, 6.07) is 0. The standard InChI is InChI=1S/C11H20O3/c1-2-8-3-5-9(6-4-8)10(12)7-11(13)14/h8-10,12H,2-7H2,1H3,(H,13,14). The van der Waals surface area contributed by atoms with Crippen LogP contribution in [0, 0.1) is 11.8 Å². The molecule has 0 aromatic carbocycles. The lowest BCUT2D eigenvalue weighted by Gasteiger charge is -2.30. The van der Waals surface area contributed by atoms with Gasteiger partial charge >= 0.3 is 5.97 Å². The first-order valence-corrected chi connectivity index (χ1v) is 5.53. The Morgan fingerprint density at radius 1 is 1.36 bits per heavy atom. The Bertz CT molecular complexity index is 183. The second kappa shape index (κ2) is 5.35. The van der Waals surface area contributed by atoms with E-state index in [0.717, 1.165) is 31.6 Å². The van der Waals surface area contributed by atoms with Crippen molar-refractivity contribution in [2.75, 3.05) is 0 Å². The molecule has 1 unspecified atom stereocenters. The normalized spacial score (nSPS) is 29.9. The molecule has 14 heavy (non-hydrogen) atoms. The molecule has 1 aliphatic carbocycles. The van der Waals surface area contributed by atoms with Crippen LogP contribution in [0.5, 0.6) is 0 Å². The molecule has 1 rings (SSSR count). The van der Waals surface area contributed by atoms with E-state index >= 15 is 0 Å². The van der Waals surface area contributed by atoms with Gasteiger partial charge in [-0.2, -0.15) is 0 Å². The summed E-state index contributed by atoms with van der Waals surface area (Å²) in [6.07, 6.45) is 4.77. The van der Waals surface area contributed by atoms with Crippen molar-refractivity contribution in [1.82, 2.24) is 0 Å². The third-order valence-electron chi connectivity index (χ3n) is 3.40. The predicted molar refractivity (Wildman–Crippen MR) is 54.0 cm³/mol. The maximum Gasteiger partial charge on any atom is 0.305 e. The average molecular weight is 200 g/mol. The summed E-state index contributed by atoms with van der Waals surface area (Å²) in [5.74, 6) is 0.118. The first-order valence-electron chi connectivity index (χ1n) is 5.53. The molecule has 0 aromatic heterocycles. The van der Waals surface area contributed by atoms with Gasteiger partial charge < -0.3 is 10.2 Å². The Labute approximate surface area is 85.1 Å². The number of hydrogen-bond donors (Lipinski definition) is 2. The van der Waals surface area contributed by atoms with Gasteiger partial charge in [-0.15, -0.1) is 0 Å². The largest absolute Gasteiger partial charge is 0.481 e. The minimum absolute atomic E-state index is 0.0958. The maximum absolute atomic E-state index is 10.4. The predicted octanol–water partition coefficient (Wildman–Crippen LogP) is 2.04. The van der Waals surface area contributed by atoms with Crippen LogP contribution in [0.1, 0.15) is 45.4 Å². The zero-order chi connectivity index (χ0) is 10.6. The van der Waals surface area contributed by atoms with Gasteiger partial charge in [0.05, 0.1) is 12.5 Å². The Hall–Kier alpha value is -0.570. The van der Waals surface area contributed by atoms with Gasteiger partial charge in [-0.25, -0.2) is 0 Å². The molecule has 3 nitrogen and oxygen atoms in total. The minimum atomic E-state index is -0.893. The van der Waals surface area contributed by atoms with Crippen molar-refractivity contribution in [2.45, 2.75) is 51.6 Å². The average Bonchev–Trinajstić information content (AvgIpc) is 2.17. The molecule has 82 valence electrons. The molecule has 0 aliphatic heterocycles. The minimum Gasteiger partial charge on any atom is -0.481 e. The number of carbonyl (C=O) groups is 1. The quantitative estimate of drug-likeness (QED) is 0.730. The molecule has 1 fully saturated rings. The van der Waals surface area contributed by atoms with Crippen LogP contribution in [-0.4, -0.2) is 22.3 Å². The summed E-state index contributed by atoms with van der Waals surface area (Å²) in [6.45, 7) is 2.19. The van der Waals surface area contributed by atoms with Crippen molar-refractivity contribution in [1.29, 1.82) is 0 Å². The molecule has 1 saturated carbocycles. The number of aliphatic carboxylic acids is 1. The van der Waals surface area contributed by atoms with E-state index in [2.05, 4.69) is 6.92 Å². The van der Waals surface area contributed by atoms with E-state index in [9.17, 15) is 9.90 Å². The van der Waals surface area contributed by atoms with Gasteiger partial charge in [-0.3, -0.25) is 4.79 Å². The Kier molecular flexibility index (Phi) is 4.39. The van der Waals surface area contributed by atoms with Crippen molar-refractivity contribution >= 4 is 5.97 Å². The summed E-state index contributed by atoms with van der Waals surface area (Å²) in [5, 5.41) is 18.2. The van der Waals surface area contributed by atoms with E-state index in [1.54, 1.807) is 0 Å². The number of aliphatic hydroxyl groups excluding tert-OH is 1. The molecule has 0 spiro atoms. The van der Waals surface area contributed by atoms with Gasteiger partial charge in [0.2, 0.25) is 0 Å². The molecular weight excluding hydrogens is 180 g/mol. The molecule has 0 aromatic rings. The highest BCUT2D eigenvalue weighted by Gasteiger charge is 2.26. The Balaban J connectivity index is 2.30. The van der Waals surface area contributed by atoms with E-state index in [0.29, 0.717) is 0 Å². The highest BCUT2D eigenvalue weighted by atomic mass is 16.4. The smallest absolute Gasteiger partial charge is 0.305 e.